The van der Waals surface area contributed by atoms with Crippen LogP contribution in [0.25, 0.3) is 11.0 Å². The van der Waals surface area contributed by atoms with Crippen molar-refractivity contribution < 1.29 is 28.6 Å². The van der Waals surface area contributed by atoms with Gasteiger partial charge in [-0.15, -0.1) is 0 Å². The SMILES string of the molecule is CCOc1cccc(C2C(C(=O)c3cc4cccc(OC)c4o3)=C(O)C(=O)N2c2ccc(Cl)cc2)c1. The van der Waals surface area contributed by atoms with Crippen molar-refractivity contribution in [2.24, 2.45) is 0 Å². The lowest BCUT2D eigenvalue weighted by Gasteiger charge is -2.27. The summed E-state index contributed by atoms with van der Waals surface area (Å²) >= 11 is 6.06. The molecule has 0 fully saturated rings. The summed E-state index contributed by atoms with van der Waals surface area (Å²) in [5.41, 5.74) is 1.36. The predicted molar refractivity (Wildman–Crippen MR) is 136 cm³/mol. The number of carbonyl (C=O) groups excluding carboxylic acids is 2. The molecule has 36 heavy (non-hydrogen) atoms. The highest BCUT2D eigenvalue weighted by Crippen LogP contribution is 2.43. The number of fused-ring (bicyclic) bond motifs is 1. The second-order valence-corrected chi connectivity index (χ2v) is 8.58. The number of aliphatic hydroxyl groups excluding tert-OH is 1. The fourth-order valence-electron chi connectivity index (χ4n) is 4.40. The highest BCUT2D eigenvalue weighted by atomic mass is 35.5. The number of Topliss-reactive ketones (excluding diaryl/α,β-unsaturated/α-hetero) is 1. The van der Waals surface area contributed by atoms with E-state index in [1.54, 1.807) is 72.8 Å². The quantitative estimate of drug-likeness (QED) is 0.299. The number of hydrogen-bond acceptors (Lipinski definition) is 6. The average Bonchev–Trinajstić information content (AvgIpc) is 3.44. The minimum absolute atomic E-state index is 0.0206. The van der Waals surface area contributed by atoms with E-state index in [0.29, 0.717) is 45.3 Å². The van der Waals surface area contributed by atoms with Gasteiger partial charge in [-0.05, 0) is 61.0 Å². The normalized spacial score (nSPS) is 15.6. The first-order valence-electron chi connectivity index (χ1n) is 11.3. The van der Waals surface area contributed by atoms with E-state index in [2.05, 4.69) is 0 Å². The van der Waals surface area contributed by atoms with Crippen LogP contribution in [0.5, 0.6) is 11.5 Å². The molecule has 0 radical (unpaired) electrons. The molecule has 5 rings (SSSR count). The lowest BCUT2D eigenvalue weighted by Crippen LogP contribution is -2.31. The molecule has 1 unspecified atom stereocenters. The Morgan fingerprint density at radius 3 is 2.56 bits per heavy atom. The lowest BCUT2D eigenvalue weighted by atomic mass is 9.94. The van der Waals surface area contributed by atoms with Crippen LogP contribution >= 0.6 is 11.6 Å². The van der Waals surface area contributed by atoms with Gasteiger partial charge in [-0.2, -0.15) is 0 Å². The van der Waals surface area contributed by atoms with Crippen LogP contribution in [-0.2, 0) is 4.79 Å². The summed E-state index contributed by atoms with van der Waals surface area (Å²) in [7, 11) is 1.51. The van der Waals surface area contributed by atoms with Gasteiger partial charge >= 0.3 is 0 Å². The van der Waals surface area contributed by atoms with E-state index in [1.807, 2.05) is 6.92 Å². The standard InChI is InChI=1S/C28H22ClNO6/c1-3-35-20-8-4-6-16(14-20)24-23(26(32)28(33)30(24)19-12-10-18(29)11-13-19)25(31)22-15-17-7-5-9-21(34-2)27(17)36-22/h4-15,24,32H,3H2,1-2H3. The van der Waals surface area contributed by atoms with Gasteiger partial charge in [-0.1, -0.05) is 35.9 Å². The maximum atomic E-state index is 13.8. The van der Waals surface area contributed by atoms with E-state index in [1.165, 1.54) is 12.0 Å². The van der Waals surface area contributed by atoms with E-state index in [-0.39, 0.29) is 11.3 Å². The third-order valence-electron chi connectivity index (χ3n) is 5.99. The Kier molecular flexibility index (Phi) is 6.16. The molecule has 4 aromatic rings. The molecule has 1 atom stereocenters. The number of anilines is 1. The molecule has 1 aromatic heterocycles. The summed E-state index contributed by atoms with van der Waals surface area (Å²) in [6.45, 7) is 2.31. The Morgan fingerprint density at radius 2 is 1.83 bits per heavy atom. The zero-order valence-electron chi connectivity index (χ0n) is 19.5. The van der Waals surface area contributed by atoms with Crippen LogP contribution in [0.3, 0.4) is 0 Å². The van der Waals surface area contributed by atoms with E-state index < -0.39 is 23.5 Å². The number of halogens is 1. The van der Waals surface area contributed by atoms with Gasteiger partial charge in [0.25, 0.3) is 5.91 Å². The van der Waals surface area contributed by atoms with Gasteiger partial charge in [0, 0.05) is 16.1 Å². The summed E-state index contributed by atoms with van der Waals surface area (Å²) in [6, 6.07) is 19.6. The van der Waals surface area contributed by atoms with Crippen LogP contribution in [0.4, 0.5) is 5.69 Å². The highest BCUT2D eigenvalue weighted by Gasteiger charge is 2.45. The fourth-order valence-corrected chi connectivity index (χ4v) is 4.53. The fraction of sp³-hybridized carbons (Fsp3) is 0.143. The largest absolute Gasteiger partial charge is 0.503 e. The number of methoxy groups -OCH3 is 1. The number of hydrogen-bond donors (Lipinski definition) is 1. The molecular formula is C28H22ClNO6. The van der Waals surface area contributed by atoms with E-state index >= 15 is 0 Å². The minimum atomic E-state index is -0.929. The first-order valence-corrected chi connectivity index (χ1v) is 11.7. The second-order valence-electron chi connectivity index (χ2n) is 8.14. The monoisotopic (exact) mass is 503 g/mol. The van der Waals surface area contributed by atoms with Crippen molar-refractivity contribution >= 4 is 39.9 Å². The molecule has 1 N–H and O–H groups in total. The van der Waals surface area contributed by atoms with Crippen molar-refractivity contribution in [3.8, 4) is 11.5 Å². The minimum Gasteiger partial charge on any atom is -0.503 e. The van der Waals surface area contributed by atoms with Crippen molar-refractivity contribution in [2.75, 3.05) is 18.6 Å². The Labute approximate surface area is 212 Å². The van der Waals surface area contributed by atoms with Crippen LogP contribution in [0, 0.1) is 0 Å². The van der Waals surface area contributed by atoms with Gasteiger partial charge in [0.2, 0.25) is 5.78 Å². The molecular weight excluding hydrogens is 482 g/mol. The number of nitrogens with zero attached hydrogens (tertiary/aromatic N) is 1. The zero-order valence-corrected chi connectivity index (χ0v) is 20.3. The van der Waals surface area contributed by atoms with Crippen LogP contribution in [0.2, 0.25) is 5.02 Å². The number of aliphatic hydroxyl groups is 1. The lowest BCUT2D eigenvalue weighted by molar-refractivity contribution is -0.117. The summed E-state index contributed by atoms with van der Waals surface area (Å²) in [5, 5.41) is 12.1. The van der Waals surface area contributed by atoms with Crippen molar-refractivity contribution in [1.82, 2.24) is 0 Å². The summed E-state index contributed by atoms with van der Waals surface area (Å²) in [6.07, 6.45) is 0. The van der Waals surface area contributed by atoms with Crippen LogP contribution in [0.15, 0.2) is 88.5 Å². The van der Waals surface area contributed by atoms with Gasteiger partial charge in [-0.3, -0.25) is 14.5 Å². The predicted octanol–water partition coefficient (Wildman–Crippen LogP) is 6.28. The molecule has 182 valence electrons. The summed E-state index contributed by atoms with van der Waals surface area (Å²) < 4.78 is 16.8. The van der Waals surface area contributed by atoms with Gasteiger partial charge in [-0.25, -0.2) is 0 Å². The highest BCUT2D eigenvalue weighted by molar-refractivity contribution is 6.30. The van der Waals surface area contributed by atoms with Gasteiger partial charge in [0.05, 0.1) is 25.3 Å². The van der Waals surface area contributed by atoms with Crippen molar-refractivity contribution in [1.29, 1.82) is 0 Å². The Bertz CT molecular complexity index is 1500. The molecule has 1 aliphatic rings. The first-order chi connectivity index (χ1) is 17.4. The van der Waals surface area contributed by atoms with Gasteiger partial charge in [0.15, 0.2) is 22.9 Å². The molecule has 1 amide bonds. The maximum Gasteiger partial charge on any atom is 0.294 e. The van der Waals surface area contributed by atoms with Gasteiger partial charge < -0.3 is 19.0 Å². The number of carbonyl (C=O) groups is 2. The van der Waals surface area contributed by atoms with Crippen molar-refractivity contribution in [2.45, 2.75) is 13.0 Å². The third-order valence-corrected chi connectivity index (χ3v) is 6.25. The maximum absolute atomic E-state index is 13.8. The summed E-state index contributed by atoms with van der Waals surface area (Å²) in [4.78, 5) is 28.5. The topological polar surface area (TPSA) is 89.2 Å². The molecule has 8 heteroatoms. The van der Waals surface area contributed by atoms with Crippen LogP contribution in [0.1, 0.15) is 29.1 Å². The Balaban J connectivity index is 1.66. The molecule has 0 saturated heterocycles. The third kappa shape index (κ3) is 3.97. The molecule has 0 bridgehead atoms. The first kappa shape index (κ1) is 23.5. The van der Waals surface area contributed by atoms with E-state index in [4.69, 9.17) is 25.5 Å². The van der Waals surface area contributed by atoms with Crippen LogP contribution < -0.4 is 14.4 Å². The second kappa shape index (κ2) is 9.43. The van der Waals surface area contributed by atoms with Crippen molar-refractivity contribution in [3.63, 3.8) is 0 Å². The molecule has 0 spiro atoms. The number of benzene rings is 3. The number of ether oxygens (including phenoxy) is 2. The zero-order chi connectivity index (χ0) is 25.4. The molecule has 3 aromatic carbocycles. The average molecular weight is 504 g/mol. The number of para-hydroxylation sites is 1. The van der Waals surface area contributed by atoms with Crippen molar-refractivity contribution in [3.05, 3.63) is 100 Å². The van der Waals surface area contributed by atoms with Crippen LogP contribution in [-0.4, -0.2) is 30.5 Å². The number of ketones is 1. The number of rotatable bonds is 7. The van der Waals surface area contributed by atoms with E-state index in [9.17, 15) is 14.7 Å². The van der Waals surface area contributed by atoms with E-state index in [0.717, 1.165) is 0 Å². The van der Waals surface area contributed by atoms with Gasteiger partial charge in [0.1, 0.15) is 5.75 Å². The molecule has 7 nitrogen and oxygen atoms in total. The molecule has 2 heterocycles. The molecule has 0 aliphatic carbocycles. The summed E-state index contributed by atoms with van der Waals surface area (Å²) in [5.74, 6) is -0.938. The molecule has 0 saturated carbocycles. The number of amides is 1. The smallest absolute Gasteiger partial charge is 0.294 e. The molecule has 1 aliphatic heterocycles. The Hall–Kier alpha value is -4.23. The number of furan rings is 1. The Morgan fingerprint density at radius 1 is 1.08 bits per heavy atom.